The molecule has 0 aromatic heterocycles. The lowest BCUT2D eigenvalue weighted by atomic mass is 10.1. The maximum atomic E-state index is 11.6. The van der Waals surface area contributed by atoms with Gasteiger partial charge in [-0.1, -0.05) is 42.5 Å². The van der Waals surface area contributed by atoms with Crippen LogP contribution in [0.5, 0.6) is 5.75 Å². The fourth-order valence-corrected chi connectivity index (χ4v) is 3.36. The van der Waals surface area contributed by atoms with Gasteiger partial charge in [0.15, 0.2) is 0 Å². The van der Waals surface area contributed by atoms with Gasteiger partial charge in [-0.3, -0.25) is 0 Å². The van der Waals surface area contributed by atoms with Gasteiger partial charge >= 0.3 is 0 Å². The van der Waals surface area contributed by atoms with E-state index in [2.05, 4.69) is 10.0 Å². The lowest BCUT2D eigenvalue weighted by Gasteiger charge is -2.18. The van der Waals surface area contributed by atoms with E-state index in [9.17, 15) is 8.42 Å². The first kappa shape index (κ1) is 20.4. The van der Waals surface area contributed by atoms with Gasteiger partial charge in [-0.2, -0.15) is 0 Å². The van der Waals surface area contributed by atoms with Crippen molar-refractivity contribution in [3.63, 3.8) is 0 Å². The zero-order valence-electron chi connectivity index (χ0n) is 15.0. The summed E-state index contributed by atoms with van der Waals surface area (Å²) in [6.45, 7) is 2.20. The van der Waals surface area contributed by atoms with E-state index in [1.807, 2.05) is 54.6 Å². The highest BCUT2D eigenvalue weighted by molar-refractivity contribution is 7.88. The molecule has 0 saturated carbocycles. The van der Waals surface area contributed by atoms with Crippen LogP contribution < -0.4 is 20.5 Å². The number of hydrogen-bond acceptors (Lipinski definition) is 5. The minimum Gasteiger partial charge on any atom is -0.489 e. The molecule has 2 rings (SSSR count). The van der Waals surface area contributed by atoms with E-state index in [1.54, 1.807) is 0 Å². The molecule has 0 radical (unpaired) electrons. The van der Waals surface area contributed by atoms with Crippen molar-refractivity contribution in [3.05, 3.63) is 65.7 Å². The Kier molecular flexibility index (Phi) is 8.06. The van der Waals surface area contributed by atoms with Gasteiger partial charge in [0, 0.05) is 25.7 Å². The Labute approximate surface area is 155 Å². The highest BCUT2D eigenvalue weighted by atomic mass is 32.2. The van der Waals surface area contributed by atoms with Gasteiger partial charge in [-0.05, 0) is 29.7 Å². The van der Waals surface area contributed by atoms with Crippen LogP contribution in [0.15, 0.2) is 54.6 Å². The maximum absolute atomic E-state index is 11.6. The third-order valence-electron chi connectivity index (χ3n) is 3.75. The molecule has 0 amide bonds. The Morgan fingerprint density at radius 3 is 2.35 bits per heavy atom. The summed E-state index contributed by atoms with van der Waals surface area (Å²) in [4.78, 5) is 0. The molecule has 0 heterocycles. The van der Waals surface area contributed by atoms with Gasteiger partial charge in [0.05, 0.1) is 6.26 Å². The Morgan fingerprint density at radius 1 is 1.04 bits per heavy atom. The van der Waals surface area contributed by atoms with Crippen LogP contribution in [0.2, 0.25) is 0 Å². The van der Waals surface area contributed by atoms with Gasteiger partial charge in [0.25, 0.3) is 0 Å². The van der Waals surface area contributed by atoms with Crippen molar-refractivity contribution in [2.75, 3.05) is 25.9 Å². The van der Waals surface area contributed by atoms with Crippen molar-refractivity contribution in [2.45, 2.75) is 19.1 Å². The highest BCUT2D eigenvalue weighted by Gasteiger charge is 2.14. The van der Waals surface area contributed by atoms with E-state index < -0.39 is 10.0 Å². The molecule has 26 heavy (non-hydrogen) atoms. The van der Waals surface area contributed by atoms with Crippen LogP contribution in [0.1, 0.15) is 11.1 Å². The highest BCUT2D eigenvalue weighted by Crippen LogP contribution is 2.15. The second kappa shape index (κ2) is 10.3. The summed E-state index contributed by atoms with van der Waals surface area (Å²) >= 11 is 0. The Bertz CT molecular complexity index is 749. The molecule has 0 aliphatic carbocycles. The number of benzene rings is 2. The largest absolute Gasteiger partial charge is 0.489 e. The number of nitrogens with two attached hydrogens (primary N) is 1. The fourth-order valence-electron chi connectivity index (χ4n) is 2.58. The molecule has 1 unspecified atom stereocenters. The molecule has 7 heteroatoms. The molecule has 0 aliphatic rings. The molecular formula is C19H27N3O3S. The number of ether oxygens (including phenoxy) is 1. The molecular weight excluding hydrogens is 350 g/mol. The Morgan fingerprint density at radius 2 is 1.73 bits per heavy atom. The van der Waals surface area contributed by atoms with Crippen molar-refractivity contribution >= 4 is 10.0 Å². The van der Waals surface area contributed by atoms with Crippen molar-refractivity contribution in [2.24, 2.45) is 5.73 Å². The third kappa shape index (κ3) is 7.97. The third-order valence-corrected chi connectivity index (χ3v) is 4.51. The summed E-state index contributed by atoms with van der Waals surface area (Å²) in [5.41, 5.74) is 7.61. The van der Waals surface area contributed by atoms with Crippen LogP contribution in [0, 0.1) is 0 Å². The summed E-state index contributed by atoms with van der Waals surface area (Å²) in [7, 11) is -3.27. The van der Waals surface area contributed by atoms with Gasteiger partial charge < -0.3 is 15.8 Å². The number of sulfonamides is 1. The van der Waals surface area contributed by atoms with E-state index in [1.165, 1.54) is 6.26 Å². The van der Waals surface area contributed by atoms with Crippen LogP contribution >= 0.6 is 0 Å². The first-order valence-corrected chi connectivity index (χ1v) is 10.5. The first-order valence-electron chi connectivity index (χ1n) is 8.60. The SMILES string of the molecule is CS(=O)(=O)NC(CNCCN)Cc1ccc(OCc2ccccc2)cc1. The molecule has 142 valence electrons. The second-order valence-electron chi connectivity index (χ2n) is 6.20. The first-order chi connectivity index (χ1) is 12.5. The standard InChI is InChI=1S/C19H27N3O3S/c1-26(23,24)22-18(14-21-12-11-20)13-16-7-9-19(10-8-16)25-15-17-5-3-2-4-6-17/h2-10,18,21-22H,11-15,20H2,1H3. The molecule has 4 N–H and O–H groups in total. The summed E-state index contributed by atoms with van der Waals surface area (Å²) in [6, 6.07) is 17.5. The topological polar surface area (TPSA) is 93.5 Å². The molecule has 0 spiro atoms. The molecule has 0 bridgehead atoms. The normalized spacial score (nSPS) is 12.7. The molecule has 0 fully saturated rings. The monoisotopic (exact) mass is 377 g/mol. The van der Waals surface area contributed by atoms with Crippen molar-refractivity contribution in [1.82, 2.24) is 10.0 Å². The van der Waals surface area contributed by atoms with E-state index in [0.29, 0.717) is 32.7 Å². The van der Waals surface area contributed by atoms with E-state index in [4.69, 9.17) is 10.5 Å². The molecule has 0 aliphatic heterocycles. The van der Waals surface area contributed by atoms with Crippen LogP contribution in [0.3, 0.4) is 0 Å². The molecule has 0 saturated heterocycles. The van der Waals surface area contributed by atoms with E-state index >= 15 is 0 Å². The van der Waals surface area contributed by atoms with Crippen LogP contribution in [-0.2, 0) is 23.1 Å². The molecule has 2 aromatic rings. The summed E-state index contributed by atoms with van der Waals surface area (Å²) in [5, 5.41) is 3.15. The predicted octanol–water partition coefficient (Wildman–Crippen LogP) is 1.27. The summed E-state index contributed by atoms with van der Waals surface area (Å²) in [5.74, 6) is 0.784. The van der Waals surface area contributed by atoms with Gasteiger partial charge in [0.1, 0.15) is 12.4 Å². The zero-order chi connectivity index (χ0) is 18.8. The lowest BCUT2D eigenvalue weighted by molar-refractivity contribution is 0.306. The van der Waals surface area contributed by atoms with Gasteiger partial charge in [0.2, 0.25) is 10.0 Å². The molecule has 1 atom stereocenters. The van der Waals surface area contributed by atoms with Crippen molar-refractivity contribution < 1.29 is 13.2 Å². The van der Waals surface area contributed by atoms with E-state index in [0.717, 1.165) is 16.9 Å². The zero-order valence-corrected chi connectivity index (χ0v) is 15.8. The average Bonchev–Trinajstić information content (AvgIpc) is 2.61. The van der Waals surface area contributed by atoms with Crippen LogP contribution in [0.4, 0.5) is 0 Å². The average molecular weight is 378 g/mol. The second-order valence-corrected chi connectivity index (χ2v) is 7.98. The molecule has 6 nitrogen and oxygen atoms in total. The smallest absolute Gasteiger partial charge is 0.209 e. The Balaban J connectivity index is 1.91. The van der Waals surface area contributed by atoms with E-state index in [-0.39, 0.29) is 6.04 Å². The summed E-state index contributed by atoms with van der Waals surface area (Å²) in [6.07, 6.45) is 1.76. The minimum absolute atomic E-state index is 0.229. The fraction of sp³-hybridized carbons (Fsp3) is 0.368. The van der Waals surface area contributed by atoms with Crippen molar-refractivity contribution in [1.29, 1.82) is 0 Å². The number of rotatable bonds is 11. The maximum Gasteiger partial charge on any atom is 0.209 e. The Hall–Kier alpha value is -1.93. The quantitative estimate of drug-likeness (QED) is 0.513. The van der Waals surface area contributed by atoms with Crippen LogP contribution in [0.25, 0.3) is 0 Å². The van der Waals surface area contributed by atoms with Crippen LogP contribution in [-0.4, -0.2) is 40.3 Å². The number of nitrogens with one attached hydrogen (secondary N) is 2. The predicted molar refractivity (Wildman–Crippen MR) is 105 cm³/mol. The van der Waals surface area contributed by atoms with Crippen molar-refractivity contribution in [3.8, 4) is 5.75 Å². The number of hydrogen-bond donors (Lipinski definition) is 3. The van der Waals surface area contributed by atoms with Gasteiger partial charge in [-0.15, -0.1) is 0 Å². The van der Waals surface area contributed by atoms with Gasteiger partial charge in [-0.25, -0.2) is 13.1 Å². The minimum atomic E-state index is -3.27. The lowest BCUT2D eigenvalue weighted by Crippen LogP contribution is -2.43. The summed E-state index contributed by atoms with van der Waals surface area (Å²) < 4.78 is 31.5. The molecule has 2 aromatic carbocycles.